The van der Waals surface area contributed by atoms with E-state index in [2.05, 4.69) is 53.7 Å². The molecule has 6 aliphatic rings. The van der Waals surface area contributed by atoms with Gasteiger partial charge in [-0.2, -0.15) is 0 Å². The molecule has 1 aromatic heterocycles. The van der Waals surface area contributed by atoms with Crippen molar-refractivity contribution in [2.75, 3.05) is 27.3 Å². The molecule has 9 rings (SSSR count). The Balaban J connectivity index is 0.879. The highest BCUT2D eigenvalue weighted by molar-refractivity contribution is 6.04. The van der Waals surface area contributed by atoms with E-state index in [0.29, 0.717) is 19.5 Å². The zero-order valence-corrected chi connectivity index (χ0v) is 37.8. The quantitative estimate of drug-likeness (QED) is 0.182. The highest BCUT2D eigenvalue weighted by Crippen LogP contribution is 2.50. The number of rotatable bonds is 10. The maximum atomic E-state index is 14.2. The normalized spacial score (nSPS) is 22.9. The van der Waals surface area contributed by atoms with Gasteiger partial charge < -0.3 is 39.6 Å². The van der Waals surface area contributed by atoms with Gasteiger partial charge in [0, 0.05) is 53.5 Å². The summed E-state index contributed by atoms with van der Waals surface area (Å²) in [6, 6.07) is 11.1. The fourth-order valence-corrected chi connectivity index (χ4v) is 11.5. The van der Waals surface area contributed by atoms with Crippen molar-refractivity contribution in [3.05, 3.63) is 71.3 Å². The Labute approximate surface area is 376 Å². The van der Waals surface area contributed by atoms with Gasteiger partial charge in [-0.3, -0.25) is 14.6 Å². The number of aliphatic imine (C=N–C) groups is 1. The molecular formula is C50H63N7O7. The van der Waals surface area contributed by atoms with Crippen LogP contribution in [0.4, 0.5) is 9.59 Å². The van der Waals surface area contributed by atoms with Crippen LogP contribution in [-0.4, -0.2) is 94.9 Å². The van der Waals surface area contributed by atoms with E-state index in [0.717, 1.165) is 146 Å². The summed E-state index contributed by atoms with van der Waals surface area (Å²) in [7, 11) is 2.68. The van der Waals surface area contributed by atoms with E-state index in [4.69, 9.17) is 24.2 Å². The average Bonchev–Trinajstić information content (AvgIpc) is 4.17. The number of H-pyrrole nitrogens is 1. The summed E-state index contributed by atoms with van der Waals surface area (Å²) >= 11 is 0. The Morgan fingerprint density at radius 1 is 0.719 bits per heavy atom. The molecule has 0 spiro atoms. The number of methoxy groups -OCH3 is 2. The second-order valence-corrected chi connectivity index (χ2v) is 19.2. The van der Waals surface area contributed by atoms with E-state index in [9.17, 15) is 19.2 Å². The molecule has 4 aliphatic heterocycles. The highest BCUT2D eigenvalue weighted by atomic mass is 16.5. The number of likely N-dealkylation sites (tertiary alicyclic amines) is 2. The predicted molar refractivity (Wildman–Crippen MR) is 243 cm³/mol. The predicted octanol–water partition coefficient (Wildman–Crippen LogP) is 8.96. The van der Waals surface area contributed by atoms with E-state index < -0.39 is 24.3 Å². The lowest BCUT2D eigenvalue weighted by Gasteiger charge is -2.35. The first-order chi connectivity index (χ1) is 31.0. The Hall–Kier alpha value is -5.66. The number of carbonyl (C=O) groups is 4. The number of benzene rings is 2. The number of fused-ring (bicyclic) bond motifs is 2. The van der Waals surface area contributed by atoms with E-state index in [-0.39, 0.29) is 41.1 Å². The van der Waals surface area contributed by atoms with Gasteiger partial charge in [-0.1, -0.05) is 64.5 Å². The van der Waals surface area contributed by atoms with Crippen LogP contribution in [0.3, 0.4) is 0 Å². The molecule has 64 heavy (non-hydrogen) atoms. The molecule has 0 radical (unpaired) electrons. The van der Waals surface area contributed by atoms with Crippen LogP contribution in [0.2, 0.25) is 0 Å². The van der Waals surface area contributed by atoms with Crippen LogP contribution >= 0.6 is 0 Å². The molecule has 2 aromatic carbocycles. The molecule has 4 amide bonds. The van der Waals surface area contributed by atoms with Crippen molar-refractivity contribution < 1.29 is 33.4 Å². The maximum Gasteiger partial charge on any atom is 0.407 e. The van der Waals surface area contributed by atoms with Gasteiger partial charge in [-0.05, 0) is 98.6 Å². The molecule has 0 bridgehead atoms. The van der Waals surface area contributed by atoms with Crippen LogP contribution < -0.4 is 15.4 Å². The van der Waals surface area contributed by atoms with Crippen molar-refractivity contribution in [3.8, 4) is 22.8 Å². The first-order valence-electron chi connectivity index (χ1n) is 23.6. The third kappa shape index (κ3) is 8.52. The minimum absolute atomic E-state index is 0.0308. The number of allylic oxidation sites excluding steroid dienone is 1. The molecule has 14 heteroatoms. The molecule has 5 heterocycles. The fraction of sp³-hybridized carbons (Fsp3) is 0.560. The molecule has 0 unspecified atom stereocenters. The minimum atomic E-state index is -0.617. The topological polar surface area (TPSA) is 168 Å². The number of aromatic nitrogens is 2. The van der Waals surface area contributed by atoms with Crippen LogP contribution in [0, 0.1) is 11.8 Å². The smallest absolute Gasteiger partial charge is 0.407 e. The average molecular weight is 874 g/mol. The van der Waals surface area contributed by atoms with Gasteiger partial charge in [0.05, 0.1) is 38.2 Å². The number of ether oxygens (including phenoxy) is 3. The molecule has 2 saturated carbocycles. The Kier molecular flexibility index (Phi) is 12.6. The second-order valence-electron chi connectivity index (χ2n) is 19.2. The number of nitrogens with zero attached hydrogens (tertiary/aromatic N) is 4. The molecule has 3 aromatic rings. The van der Waals surface area contributed by atoms with Crippen LogP contribution in [0.5, 0.6) is 11.5 Å². The van der Waals surface area contributed by atoms with Gasteiger partial charge in [0.2, 0.25) is 11.8 Å². The number of nitrogens with one attached hydrogen (secondary N) is 3. The van der Waals surface area contributed by atoms with Gasteiger partial charge in [0.15, 0.2) is 0 Å². The lowest BCUT2D eigenvalue weighted by Crippen LogP contribution is -2.54. The van der Waals surface area contributed by atoms with Crippen molar-refractivity contribution in [3.63, 3.8) is 0 Å². The molecule has 3 N–H and O–H groups in total. The maximum absolute atomic E-state index is 14.2. The van der Waals surface area contributed by atoms with Crippen molar-refractivity contribution in [2.24, 2.45) is 16.8 Å². The first-order valence-corrected chi connectivity index (χ1v) is 23.6. The number of hydrogen-bond acceptors (Lipinski definition) is 9. The van der Waals surface area contributed by atoms with E-state index >= 15 is 0 Å². The standard InChI is InChI=1S/C50H63N7O7/c1-50(2)35-21-19-32(34-26-37(51-28-34)39-17-11-23-56(39)46(58)43(54-48(60)62-3)30-13-7-5-8-14-30)27-42(35)64-41-22-20-33(25-36(41)50)38-29-52-45(53-38)40-18-12-24-57(40)47(59)44(55-49(61)63-4)31-15-9-6-10-16-31/h19-22,25,27-31,39-40,43-44H,5-18,23-24,26H2,1-4H3,(H,52,53)(H,54,60)(H,55,61)/t39-,40-,43-,44-/m0/s1. The number of hydrogen-bond donors (Lipinski definition) is 3. The van der Waals surface area contributed by atoms with Gasteiger partial charge in [-0.25, -0.2) is 14.6 Å². The first kappa shape index (κ1) is 43.6. The summed E-state index contributed by atoms with van der Waals surface area (Å²) in [6.07, 6.45) is 16.9. The second kappa shape index (κ2) is 18.4. The molecule has 2 saturated heterocycles. The molecule has 2 aliphatic carbocycles. The lowest BCUT2D eigenvalue weighted by atomic mass is 9.74. The third-order valence-corrected chi connectivity index (χ3v) is 15.0. The zero-order chi connectivity index (χ0) is 44.5. The highest BCUT2D eigenvalue weighted by Gasteiger charge is 2.43. The molecule has 14 nitrogen and oxygen atoms in total. The number of imidazole rings is 1. The minimum Gasteiger partial charge on any atom is -0.457 e. The van der Waals surface area contributed by atoms with Gasteiger partial charge >= 0.3 is 12.2 Å². The van der Waals surface area contributed by atoms with Gasteiger partial charge in [0.25, 0.3) is 0 Å². The van der Waals surface area contributed by atoms with Gasteiger partial charge in [0.1, 0.15) is 29.4 Å². The van der Waals surface area contributed by atoms with E-state index in [1.807, 2.05) is 34.3 Å². The molecule has 340 valence electrons. The number of aromatic amines is 1. The fourth-order valence-electron chi connectivity index (χ4n) is 11.5. The van der Waals surface area contributed by atoms with Crippen molar-refractivity contribution in [1.82, 2.24) is 30.4 Å². The van der Waals surface area contributed by atoms with Crippen molar-refractivity contribution in [2.45, 2.75) is 140 Å². The van der Waals surface area contributed by atoms with Crippen LogP contribution in [-0.2, 0) is 24.5 Å². The largest absolute Gasteiger partial charge is 0.457 e. The summed E-state index contributed by atoms with van der Waals surface area (Å²) in [6.45, 7) is 5.70. The van der Waals surface area contributed by atoms with Gasteiger partial charge in [-0.15, -0.1) is 0 Å². The monoisotopic (exact) mass is 873 g/mol. The molecule has 4 fully saturated rings. The summed E-state index contributed by atoms with van der Waals surface area (Å²) in [4.78, 5) is 70.2. The van der Waals surface area contributed by atoms with E-state index in [1.54, 1.807) is 0 Å². The summed E-state index contributed by atoms with van der Waals surface area (Å²) in [5, 5.41) is 5.78. The summed E-state index contributed by atoms with van der Waals surface area (Å²) < 4.78 is 16.5. The van der Waals surface area contributed by atoms with E-state index in [1.165, 1.54) is 14.2 Å². The number of carbonyl (C=O) groups excluding carboxylic acids is 4. The summed E-state index contributed by atoms with van der Waals surface area (Å²) in [5.74, 6) is 2.44. The Bertz CT molecular complexity index is 2320. The molecular weight excluding hydrogens is 811 g/mol. The zero-order valence-electron chi connectivity index (χ0n) is 37.8. The van der Waals surface area contributed by atoms with Crippen LogP contribution in [0.1, 0.15) is 139 Å². The number of amides is 4. The third-order valence-electron chi connectivity index (χ3n) is 15.0. The Morgan fingerprint density at radius 3 is 1.94 bits per heavy atom. The Morgan fingerprint density at radius 2 is 1.31 bits per heavy atom. The SMILES string of the molecule is COC(=O)N[C@H](C(=O)N1CCC[C@H]1C1=NC=C(c2ccc3c(c2)Oc2ccc(-c4cnc([C@@H]5CCCN5C(=O)[C@@H](NC(=O)OC)C5CCCCC5)[nH]4)cc2C3(C)C)C1)C1CCCCC1. The number of alkyl carbamates (subject to hydrolysis) is 2. The van der Waals surface area contributed by atoms with Crippen LogP contribution in [0.15, 0.2) is 53.8 Å². The lowest BCUT2D eigenvalue weighted by molar-refractivity contribution is -0.136. The van der Waals surface area contributed by atoms with Crippen LogP contribution in [0.25, 0.3) is 16.8 Å². The summed E-state index contributed by atoms with van der Waals surface area (Å²) in [5.41, 5.74) is 6.70. The van der Waals surface area contributed by atoms with Crippen molar-refractivity contribution >= 4 is 35.3 Å². The van der Waals surface area contributed by atoms with Crippen molar-refractivity contribution in [1.29, 1.82) is 0 Å². The molecule has 4 atom stereocenters.